The van der Waals surface area contributed by atoms with Crippen LogP contribution in [-0.2, 0) is 0 Å². The standard InChI is InChI=1S/C12H15N3O2S/c1-8-2-3-14(9(8)6-16)11-10(7-17)15-4-5-18-12(15)13-11/h4-5,7-9,16H,2-3,6H2,1H3. The van der Waals surface area contributed by atoms with Crippen molar-refractivity contribution in [1.82, 2.24) is 9.38 Å². The van der Waals surface area contributed by atoms with E-state index >= 15 is 0 Å². The Morgan fingerprint density at radius 2 is 2.50 bits per heavy atom. The number of rotatable bonds is 3. The summed E-state index contributed by atoms with van der Waals surface area (Å²) in [6, 6.07) is 0.0632. The Hall–Kier alpha value is -1.40. The molecule has 18 heavy (non-hydrogen) atoms. The first-order chi connectivity index (χ1) is 8.76. The molecule has 0 spiro atoms. The lowest BCUT2D eigenvalue weighted by atomic mass is 10.0. The summed E-state index contributed by atoms with van der Waals surface area (Å²) in [6.07, 6.45) is 3.72. The van der Waals surface area contributed by atoms with Gasteiger partial charge in [0, 0.05) is 18.1 Å². The van der Waals surface area contributed by atoms with Crippen molar-refractivity contribution in [2.45, 2.75) is 19.4 Å². The van der Waals surface area contributed by atoms with Gasteiger partial charge < -0.3 is 10.0 Å². The molecule has 0 saturated carbocycles. The highest BCUT2D eigenvalue weighted by atomic mass is 32.1. The second-order valence-corrected chi connectivity index (χ2v) is 5.58. The summed E-state index contributed by atoms with van der Waals surface area (Å²) >= 11 is 1.51. The fourth-order valence-electron chi connectivity index (χ4n) is 2.66. The van der Waals surface area contributed by atoms with Crippen LogP contribution < -0.4 is 4.90 Å². The number of aliphatic hydroxyl groups is 1. The highest BCUT2D eigenvalue weighted by molar-refractivity contribution is 7.15. The second kappa shape index (κ2) is 4.37. The Bertz CT molecular complexity index is 577. The molecule has 2 aromatic rings. The summed E-state index contributed by atoms with van der Waals surface area (Å²) < 4.78 is 1.81. The SMILES string of the molecule is CC1CCN(c2nc3sccn3c2C=O)C1CO. The van der Waals surface area contributed by atoms with E-state index < -0.39 is 0 Å². The maximum Gasteiger partial charge on any atom is 0.196 e. The zero-order valence-corrected chi connectivity index (χ0v) is 10.9. The number of nitrogens with zero attached hydrogens (tertiary/aromatic N) is 3. The summed E-state index contributed by atoms with van der Waals surface area (Å²) in [6.45, 7) is 3.07. The zero-order chi connectivity index (χ0) is 12.7. The quantitative estimate of drug-likeness (QED) is 0.853. The van der Waals surface area contributed by atoms with Gasteiger partial charge in [-0.05, 0) is 12.3 Å². The minimum atomic E-state index is 0.0632. The molecule has 1 aliphatic heterocycles. The molecule has 1 N–H and O–H groups in total. The first-order valence-electron chi connectivity index (χ1n) is 6.04. The van der Waals surface area contributed by atoms with Crippen LogP contribution in [0.5, 0.6) is 0 Å². The number of imidazole rings is 1. The summed E-state index contributed by atoms with van der Waals surface area (Å²) in [5.74, 6) is 1.13. The van der Waals surface area contributed by atoms with Gasteiger partial charge in [-0.1, -0.05) is 6.92 Å². The molecule has 6 heteroatoms. The van der Waals surface area contributed by atoms with E-state index in [1.165, 1.54) is 11.3 Å². The van der Waals surface area contributed by atoms with Gasteiger partial charge >= 0.3 is 0 Å². The predicted octanol–water partition coefficient (Wildman–Crippen LogP) is 1.42. The van der Waals surface area contributed by atoms with Crippen LogP contribution in [0.25, 0.3) is 4.96 Å². The highest BCUT2D eigenvalue weighted by Crippen LogP contribution is 2.32. The molecule has 96 valence electrons. The Morgan fingerprint density at radius 3 is 3.22 bits per heavy atom. The summed E-state index contributed by atoms with van der Waals surface area (Å²) in [5, 5.41) is 11.4. The number of hydrogen-bond donors (Lipinski definition) is 1. The van der Waals surface area contributed by atoms with Crippen LogP contribution in [0.3, 0.4) is 0 Å². The Labute approximate surface area is 109 Å². The third kappa shape index (κ3) is 1.56. The molecular weight excluding hydrogens is 250 g/mol. The van der Waals surface area contributed by atoms with Gasteiger partial charge in [0.1, 0.15) is 5.69 Å². The van der Waals surface area contributed by atoms with Crippen LogP contribution in [0.2, 0.25) is 0 Å². The number of hydrogen-bond acceptors (Lipinski definition) is 5. The van der Waals surface area contributed by atoms with Crippen molar-refractivity contribution in [2.75, 3.05) is 18.1 Å². The molecule has 1 fully saturated rings. The molecule has 1 saturated heterocycles. The van der Waals surface area contributed by atoms with E-state index in [1.807, 2.05) is 16.0 Å². The normalized spacial score (nSPS) is 24.0. The molecule has 0 radical (unpaired) electrons. The minimum absolute atomic E-state index is 0.0632. The van der Waals surface area contributed by atoms with Gasteiger partial charge in [0.2, 0.25) is 0 Å². The van der Waals surface area contributed by atoms with Crippen LogP contribution in [-0.4, -0.2) is 40.0 Å². The van der Waals surface area contributed by atoms with Crippen molar-refractivity contribution in [3.8, 4) is 0 Å². The molecular formula is C12H15N3O2S. The van der Waals surface area contributed by atoms with Crippen molar-refractivity contribution < 1.29 is 9.90 Å². The molecule has 2 aromatic heterocycles. The van der Waals surface area contributed by atoms with E-state index in [0.29, 0.717) is 17.4 Å². The lowest BCUT2D eigenvalue weighted by Crippen LogP contribution is -2.36. The van der Waals surface area contributed by atoms with Crippen molar-refractivity contribution in [3.05, 3.63) is 17.3 Å². The van der Waals surface area contributed by atoms with Gasteiger partial charge in [-0.2, -0.15) is 0 Å². The summed E-state index contributed by atoms with van der Waals surface area (Å²) in [4.78, 5) is 18.7. The maximum absolute atomic E-state index is 11.3. The zero-order valence-electron chi connectivity index (χ0n) is 10.1. The number of carbonyl (C=O) groups is 1. The third-order valence-corrected chi connectivity index (χ3v) is 4.49. The van der Waals surface area contributed by atoms with Crippen molar-refractivity contribution in [3.63, 3.8) is 0 Å². The van der Waals surface area contributed by atoms with Crippen LogP contribution in [0.15, 0.2) is 11.6 Å². The number of aldehydes is 1. The lowest BCUT2D eigenvalue weighted by molar-refractivity contribution is 0.111. The van der Waals surface area contributed by atoms with Gasteiger partial charge in [-0.25, -0.2) is 4.98 Å². The van der Waals surface area contributed by atoms with E-state index in [0.717, 1.165) is 24.2 Å². The Kier molecular flexibility index (Phi) is 2.83. The number of fused-ring (bicyclic) bond motifs is 1. The smallest absolute Gasteiger partial charge is 0.196 e. The largest absolute Gasteiger partial charge is 0.394 e. The number of anilines is 1. The molecule has 0 bridgehead atoms. The first-order valence-corrected chi connectivity index (χ1v) is 6.92. The maximum atomic E-state index is 11.3. The number of carbonyl (C=O) groups excluding carboxylic acids is 1. The molecule has 2 atom stereocenters. The van der Waals surface area contributed by atoms with E-state index in [2.05, 4.69) is 16.8 Å². The monoisotopic (exact) mass is 265 g/mol. The molecule has 3 heterocycles. The average molecular weight is 265 g/mol. The van der Waals surface area contributed by atoms with Crippen LogP contribution >= 0.6 is 11.3 Å². The number of aliphatic hydroxyl groups excluding tert-OH is 1. The minimum Gasteiger partial charge on any atom is -0.394 e. The van der Waals surface area contributed by atoms with Gasteiger partial charge in [-0.3, -0.25) is 9.20 Å². The molecule has 0 aromatic carbocycles. The number of aromatic nitrogens is 2. The van der Waals surface area contributed by atoms with Crippen LogP contribution in [0.1, 0.15) is 23.8 Å². The first kappa shape index (κ1) is 11.7. The Balaban J connectivity index is 2.08. The second-order valence-electron chi connectivity index (χ2n) is 4.70. The third-order valence-electron chi connectivity index (χ3n) is 3.73. The van der Waals surface area contributed by atoms with Crippen molar-refractivity contribution in [1.29, 1.82) is 0 Å². The van der Waals surface area contributed by atoms with E-state index in [4.69, 9.17) is 0 Å². The molecule has 3 rings (SSSR count). The molecule has 2 unspecified atom stereocenters. The van der Waals surface area contributed by atoms with E-state index in [1.54, 1.807) is 0 Å². The highest BCUT2D eigenvalue weighted by Gasteiger charge is 2.33. The van der Waals surface area contributed by atoms with Gasteiger partial charge in [0.25, 0.3) is 0 Å². The fraction of sp³-hybridized carbons (Fsp3) is 0.500. The van der Waals surface area contributed by atoms with Crippen LogP contribution in [0.4, 0.5) is 5.82 Å². The Morgan fingerprint density at radius 1 is 1.67 bits per heavy atom. The average Bonchev–Trinajstić information content (AvgIpc) is 3.01. The van der Waals surface area contributed by atoms with Crippen LogP contribution in [0, 0.1) is 5.92 Å². The predicted molar refractivity (Wildman–Crippen MR) is 70.5 cm³/mol. The van der Waals surface area contributed by atoms with Gasteiger partial charge in [-0.15, -0.1) is 11.3 Å². The lowest BCUT2D eigenvalue weighted by Gasteiger charge is -2.25. The number of thiazole rings is 1. The van der Waals surface area contributed by atoms with Crippen molar-refractivity contribution in [2.24, 2.45) is 5.92 Å². The fourth-order valence-corrected chi connectivity index (χ4v) is 3.38. The molecule has 0 aliphatic carbocycles. The summed E-state index contributed by atoms with van der Waals surface area (Å²) in [5.41, 5.74) is 0.582. The molecule has 5 nitrogen and oxygen atoms in total. The van der Waals surface area contributed by atoms with Crippen molar-refractivity contribution >= 4 is 28.4 Å². The topological polar surface area (TPSA) is 57.8 Å². The molecule has 0 amide bonds. The summed E-state index contributed by atoms with van der Waals surface area (Å²) in [7, 11) is 0. The molecule has 1 aliphatic rings. The van der Waals surface area contributed by atoms with E-state index in [9.17, 15) is 9.90 Å². The van der Waals surface area contributed by atoms with Gasteiger partial charge in [0.05, 0.1) is 12.6 Å². The van der Waals surface area contributed by atoms with Gasteiger partial charge in [0.15, 0.2) is 17.1 Å². The van der Waals surface area contributed by atoms with E-state index in [-0.39, 0.29) is 12.6 Å².